The van der Waals surface area contributed by atoms with Crippen molar-refractivity contribution in [3.8, 4) is 17.1 Å². The summed E-state index contributed by atoms with van der Waals surface area (Å²) in [6.45, 7) is 2.35. The minimum atomic E-state index is -5.08. The maximum atomic E-state index is 10.6. The Morgan fingerprint density at radius 1 is 0.763 bits per heavy atom. The van der Waals surface area contributed by atoms with E-state index in [0.717, 1.165) is 35.8 Å². The quantitative estimate of drug-likeness (QED) is 0.375. The summed E-state index contributed by atoms with van der Waals surface area (Å²) in [7, 11) is 0. The van der Waals surface area contributed by atoms with Gasteiger partial charge < -0.3 is 25.4 Å². The SMILES string of the molecule is O=C(O)C(F)(F)F.O=C(O)C(F)(F)F.O=C(O)C(F)(F)F.c1cc(-c2ccc3c(n2)OCCNC3)ccn1. The fourth-order valence-corrected chi connectivity index (χ4v) is 1.86. The molecule has 19 heteroatoms. The second-order valence-electron chi connectivity index (χ2n) is 6.33. The lowest BCUT2D eigenvalue weighted by molar-refractivity contribution is -0.193. The van der Waals surface area contributed by atoms with Crippen LogP contribution in [0.3, 0.4) is 0 Å². The van der Waals surface area contributed by atoms with Gasteiger partial charge in [-0.1, -0.05) is 6.07 Å². The molecule has 1 aliphatic rings. The van der Waals surface area contributed by atoms with Crippen LogP contribution in [0.1, 0.15) is 5.56 Å². The van der Waals surface area contributed by atoms with Gasteiger partial charge in [0.2, 0.25) is 5.88 Å². The Morgan fingerprint density at radius 3 is 1.58 bits per heavy atom. The molecule has 4 N–H and O–H groups in total. The third kappa shape index (κ3) is 13.8. The van der Waals surface area contributed by atoms with E-state index in [1.165, 1.54) is 0 Å². The summed E-state index contributed by atoms with van der Waals surface area (Å²) >= 11 is 0. The van der Waals surface area contributed by atoms with Gasteiger partial charge in [-0.3, -0.25) is 4.98 Å². The van der Waals surface area contributed by atoms with E-state index in [0.29, 0.717) is 6.61 Å². The molecular weight excluding hydrogens is 553 g/mol. The van der Waals surface area contributed by atoms with Crippen LogP contribution in [0.5, 0.6) is 5.88 Å². The molecule has 3 rings (SSSR count). The van der Waals surface area contributed by atoms with Crippen molar-refractivity contribution in [2.24, 2.45) is 0 Å². The van der Waals surface area contributed by atoms with E-state index < -0.39 is 36.4 Å². The number of ether oxygens (including phenoxy) is 1. The zero-order chi connectivity index (χ0) is 29.7. The predicted octanol–water partition coefficient (Wildman–Crippen LogP) is 3.53. The largest absolute Gasteiger partial charge is 0.490 e. The van der Waals surface area contributed by atoms with E-state index in [-0.39, 0.29) is 0 Å². The van der Waals surface area contributed by atoms with Gasteiger partial charge in [-0.05, 0) is 18.2 Å². The van der Waals surface area contributed by atoms with Crippen LogP contribution in [0.2, 0.25) is 0 Å². The number of aromatic nitrogens is 2. The first-order valence-electron chi connectivity index (χ1n) is 9.41. The fraction of sp³-hybridized carbons (Fsp3) is 0.316. The Morgan fingerprint density at radius 2 is 1.18 bits per heavy atom. The molecule has 0 fully saturated rings. The van der Waals surface area contributed by atoms with Crippen molar-refractivity contribution >= 4 is 17.9 Å². The van der Waals surface area contributed by atoms with Crippen LogP contribution in [-0.4, -0.2) is 74.9 Å². The number of aliphatic carboxylic acids is 3. The Balaban J connectivity index is 0.000000550. The molecule has 0 saturated heterocycles. The van der Waals surface area contributed by atoms with E-state index in [1.54, 1.807) is 12.4 Å². The van der Waals surface area contributed by atoms with Gasteiger partial charge in [-0.15, -0.1) is 0 Å². The fourth-order valence-electron chi connectivity index (χ4n) is 1.86. The van der Waals surface area contributed by atoms with Crippen LogP contribution in [0.25, 0.3) is 11.3 Å². The number of nitrogens with one attached hydrogen (secondary N) is 1. The lowest BCUT2D eigenvalue weighted by atomic mass is 10.1. The zero-order valence-electron chi connectivity index (χ0n) is 18.4. The van der Waals surface area contributed by atoms with Crippen LogP contribution >= 0.6 is 0 Å². The summed E-state index contributed by atoms with van der Waals surface area (Å²) in [4.78, 5) is 35.2. The number of carboxylic acid groups (broad SMARTS) is 3. The summed E-state index contributed by atoms with van der Waals surface area (Å²) < 4.78 is 101. The highest BCUT2D eigenvalue weighted by Gasteiger charge is 2.39. The standard InChI is InChI=1S/C13H13N3O.3C2HF3O2/c1-2-12(10-3-5-14-6-4-10)16-13-11(1)9-15-7-8-17-13;3*3-2(4,5)1(6)7/h1-6,15H,7-9H2;3*(H,6,7). The summed E-state index contributed by atoms with van der Waals surface area (Å²) in [5.74, 6) is -7.53. The van der Waals surface area contributed by atoms with Gasteiger partial charge in [-0.2, -0.15) is 39.5 Å². The van der Waals surface area contributed by atoms with E-state index in [9.17, 15) is 39.5 Å². The Labute approximate surface area is 205 Å². The number of hydrogen-bond acceptors (Lipinski definition) is 7. The molecule has 0 atom stereocenters. The first-order valence-corrected chi connectivity index (χ1v) is 9.41. The lowest BCUT2D eigenvalue weighted by Gasteiger charge is -2.07. The summed E-state index contributed by atoms with van der Waals surface area (Å²) in [6.07, 6.45) is -11.7. The van der Waals surface area contributed by atoms with E-state index >= 15 is 0 Å². The average Bonchev–Trinajstić information content (AvgIpc) is 3.04. The first-order chi connectivity index (χ1) is 17.3. The van der Waals surface area contributed by atoms with Crippen molar-refractivity contribution < 1.29 is 74.0 Å². The number of carboxylic acids is 3. The van der Waals surface area contributed by atoms with Crippen molar-refractivity contribution in [3.05, 3.63) is 42.2 Å². The molecule has 0 aromatic carbocycles. The molecule has 0 bridgehead atoms. The molecule has 1 aliphatic heterocycles. The molecule has 2 aromatic heterocycles. The smallest absolute Gasteiger partial charge is 0.476 e. The van der Waals surface area contributed by atoms with Gasteiger partial charge >= 0.3 is 36.4 Å². The number of halogens is 9. The van der Waals surface area contributed by atoms with Crippen molar-refractivity contribution in [1.29, 1.82) is 0 Å². The second-order valence-corrected chi connectivity index (χ2v) is 6.33. The van der Waals surface area contributed by atoms with Gasteiger partial charge in [-0.25, -0.2) is 19.4 Å². The Kier molecular flexibility index (Phi) is 13.0. The third-order valence-corrected chi connectivity index (χ3v) is 3.48. The van der Waals surface area contributed by atoms with Crippen molar-refractivity contribution in [3.63, 3.8) is 0 Å². The third-order valence-electron chi connectivity index (χ3n) is 3.48. The molecule has 0 radical (unpaired) electrons. The molecule has 0 saturated carbocycles. The molecule has 0 aliphatic carbocycles. The maximum absolute atomic E-state index is 10.6. The first kappa shape index (κ1) is 33.8. The highest BCUT2D eigenvalue weighted by atomic mass is 19.4. The van der Waals surface area contributed by atoms with Gasteiger partial charge in [0.1, 0.15) is 6.61 Å². The van der Waals surface area contributed by atoms with Gasteiger partial charge in [0.25, 0.3) is 0 Å². The Hall–Kier alpha value is -4.16. The minimum Gasteiger partial charge on any atom is -0.476 e. The van der Waals surface area contributed by atoms with E-state index in [1.807, 2.05) is 18.2 Å². The van der Waals surface area contributed by atoms with Crippen LogP contribution < -0.4 is 10.1 Å². The summed E-state index contributed by atoms with van der Waals surface area (Å²) in [5, 5.41) is 24.7. The number of rotatable bonds is 1. The topological polar surface area (TPSA) is 159 Å². The highest BCUT2D eigenvalue weighted by Crippen LogP contribution is 2.23. The molecule has 3 heterocycles. The van der Waals surface area contributed by atoms with Crippen LogP contribution in [0.15, 0.2) is 36.7 Å². The molecule has 0 amide bonds. The number of hydrogen-bond donors (Lipinski definition) is 4. The predicted molar refractivity (Wildman–Crippen MR) is 106 cm³/mol. The van der Waals surface area contributed by atoms with Gasteiger partial charge in [0.15, 0.2) is 0 Å². The molecule has 38 heavy (non-hydrogen) atoms. The average molecular weight is 569 g/mol. The van der Waals surface area contributed by atoms with Gasteiger partial charge in [0.05, 0.1) is 5.69 Å². The van der Waals surface area contributed by atoms with Crippen LogP contribution in [0, 0.1) is 0 Å². The van der Waals surface area contributed by atoms with Crippen molar-refractivity contribution in [2.45, 2.75) is 25.1 Å². The van der Waals surface area contributed by atoms with Crippen molar-refractivity contribution in [1.82, 2.24) is 15.3 Å². The van der Waals surface area contributed by atoms with Crippen LogP contribution in [0.4, 0.5) is 39.5 Å². The van der Waals surface area contributed by atoms with E-state index in [2.05, 4.69) is 21.4 Å². The minimum absolute atomic E-state index is 0.666. The van der Waals surface area contributed by atoms with E-state index in [4.69, 9.17) is 34.4 Å². The molecule has 10 nitrogen and oxygen atoms in total. The number of carbonyl (C=O) groups is 3. The molecule has 212 valence electrons. The molecule has 2 aromatic rings. The monoisotopic (exact) mass is 569 g/mol. The zero-order valence-corrected chi connectivity index (χ0v) is 18.4. The molecular formula is C19H16F9N3O7. The second kappa shape index (κ2) is 14.5. The highest BCUT2D eigenvalue weighted by molar-refractivity contribution is 5.73. The summed E-state index contributed by atoms with van der Waals surface area (Å²) in [5.41, 5.74) is 3.09. The lowest BCUT2D eigenvalue weighted by Crippen LogP contribution is -2.21. The van der Waals surface area contributed by atoms with Crippen molar-refractivity contribution in [2.75, 3.05) is 13.2 Å². The molecule has 0 unspecified atom stereocenters. The Bertz CT molecular complexity index is 1000. The molecule has 0 spiro atoms. The maximum Gasteiger partial charge on any atom is 0.490 e. The summed E-state index contributed by atoms with van der Waals surface area (Å²) in [6, 6.07) is 7.98. The van der Waals surface area contributed by atoms with Crippen LogP contribution in [-0.2, 0) is 20.9 Å². The number of alkyl halides is 9. The number of fused-ring (bicyclic) bond motifs is 1. The number of nitrogens with zero attached hydrogens (tertiary/aromatic N) is 2. The number of pyridine rings is 2. The van der Waals surface area contributed by atoms with Gasteiger partial charge in [0, 0.05) is 36.6 Å². The normalized spacial score (nSPS) is 12.8.